The van der Waals surface area contributed by atoms with Gasteiger partial charge < -0.3 is 15.1 Å². The molecule has 2 rings (SSSR count). The third-order valence-electron chi connectivity index (χ3n) is 3.81. The second-order valence-electron chi connectivity index (χ2n) is 5.44. The van der Waals surface area contributed by atoms with Crippen molar-refractivity contribution >= 4 is 17.7 Å². The second-order valence-corrected chi connectivity index (χ2v) is 5.87. The fourth-order valence-corrected chi connectivity index (χ4v) is 2.77. The first kappa shape index (κ1) is 15.7. The van der Waals surface area contributed by atoms with Crippen LogP contribution in [0.3, 0.4) is 0 Å². The summed E-state index contributed by atoms with van der Waals surface area (Å²) in [5.74, 6) is 5.83. The maximum Gasteiger partial charge on any atom is 0.407 e. The Balaban J connectivity index is 2.13. The van der Waals surface area contributed by atoms with Crippen molar-refractivity contribution in [2.45, 2.75) is 37.3 Å². The highest BCUT2D eigenvalue weighted by molar-refractivity contribution is 6.30. The first-order valence-corrected chi connectivity index (χ1v) is 7.24. The van der Waals surface area contributed by atoms with E-state index in [1.54, 1.807) is 18.2 Å². The van der Waals surface area contributed by atoms with E-state index in [0.717, 1.165) is 18.4 Å². The van der Waals surface area contributed by atoms with Crippen molar-refractivity contribution in [1.29, 1.82) is 0 Å². The van der Waals surface area contributed by atoms with Crippen molar-refractivity contribution in [1.82, 2.24) is 4.90 Å². The van der Waals surface area contributed by atoms with Gasteiger partial charge in [0.1, 0.15) is 5.60 Å². The molecular formula is C16H18ClNO3. The standard InChI is InChI=1S/C16H18ClNO3/c1-18(15(19)20)14-6-3-8-16(21,11-14)9-7-12-4-2-5-13(17)10-12/h2,4-5,10,14,21H,3,6,8,11H2,1H3,(H,19,20). The molecule has 1 saturated carbocycles. The van der Waals surface area contributed by atoms with Crippen molar-refractivity contribution in [3.05, 3.63) is 34.9 Å². The molecule has 0 aliphatic heterocycles. The Hall–Kier alpha value is -1.70. The monoisotopic (exact) mass is 307 g/mol. The smallest absolute Gasteiger partial charge is 0.407 e. The molecule has 2 unspecified atom stereocenters. The van der Waals surface area contributed by atoms with Crippen molar-refractivity contribution < 1.29 is 15.0 Å². The molecule has 21 heavy (non-hydrogen) atoms. The Kier molecular flexibility index (Phi) is 4.76. The zero-order valence-electron chi connectivity index (χ0n) is 11.8. The van der Waals surface area contributed by atoms with Crippen LogP contribution in [-0.4, -0.2) is 39.9 Å². The lowest BCUT2D eigenvalue weighted by Gasteiger charge is -2.36. The Morgan fingerprint density at radius 3 is 2.95 bits per heavy atom. The average Bonchev–Trinajstić information content (AvgIpc) is 2.44. The Labute approximate surface area is 129 Å². The van der Waals surface area contributed by atoms with Gasteiger partial charge in [-0.15, -0.1) is 0 Å². The molecule has 4 nitrogen and oxygen atoms in total. The molecule has 0 heterocycles. The maximum atomic E-state index is 11.0. The van der Waals surface area contributed by atoms with E-state index in [2.05, 4.69) is 11.8 Å². The summed E-state index contributed by atoms with van der Waals surface area (Å²) in [6.07, 6.45) is 1.42. The van der Waals surface area contributed by atoms with Crippen LogP contribution in [0, 0.1) is 11.8 Å². The summed E-state index contributed by atoms with van der Waals surface area (Å²) in [6, 6.07) is 6.93. The van der Waals surface area contributed by atoms with Crippen molar-refractivity contribution in [3.63, 3.8) is 0 Å². The number of aliphatic hydroxyl groups is 1. The molecular weight excluding hydrogens is 290 g/mol. The van der Waals surface area contributed by atoms with Gasteiger partial charge in [-0.1, -0.05) is 29.5 Å². The number of benzene rings is 1. The van der Waals surface area contributed by atoms with Gasteiger partial charge >= 0.3 is 6.09 Å². The summed E-state index contributed by atoms with van der Waals surface area (Å²) in [5.41, 5.74) is -0.403. The summed E-state index contributed by atoms with van der Waals surface area (Å²) < 4.78 is 0. The zero-order chi connectivity index (χ0) is 15.5. The molecule has 1 amide bonds. The van der Waals surface area contributed by atoms with Gasteiger partial charge in [-0.3, -0.25) is 0 Å². The van der Waals surface area contributed by atoms with Crippen LogP contribution in [0.15, 0.2) is 24.3 Å². The first-order chi connectivity index (χ1) is 9.89. The van der Waals surface area contributed by atoms with Crippen molar-refractivity contribution in [2.24, 2.45) is 0 Å². The molecule has 0 saturated heterocycles. The highest BCUT2D eigenvalue weighted by Gasteiger charge is 2.35. The summed E-state index contributed by atoms with van der Waals surface area (Å²) in [6.45, 7) is 0. The molecule has 0 spiro atoms. The molecule has 1 aromatic rings. The largest absolute Gasteiger partial charge is 0.465 e. The number of hydrogen-bond donors (Lipinski definition) is 2. The number of halogens is 1. The lowest BCUT2D eigenvalue weighted by atomic mass is 9.81. The minimum absolute atomic E-state index is 0.199. The van der Waals surface area contributed by atoms with Crippen LogP contribution in [0.2, 0.25) is 5.02 Å². The average molecular weight is 308 g/mol. The summed E-state index contributed by atoms with van der Waals surface area (Å²) in [5, 5.41) is 20.2. The van der Waals surface area contributed by atoms with Crippen LogP contribution < -0.4 is 0 Å². The Morgan fingerprint density at radius 1 is 1.52 bits per heavy atom. The molecule has 5 heteroatoms. The van der Waals surface area contributed by atoms with Gasteiger partial charge in [0, 0.05) is 30.1 Å². The van der Waals surface area contributed by atoms with Crippen molar-refractivity contribution in [2.75, 3.05) is 7.05 Å². The van der Waals surface area contributed by atoms with Gasteiger partial charge in [0.15, 0.2) is 0 Å². The molecule has 0 bridgehead atoms. The third kappa shape index (κ3) is 4.13. The molecule has 1 aromatic carbocycles. The highest BCUT2D eigenvalue weighted by Crippen LogP contribution is 2.30. The van der Waals surface area contributed by atoms with E-state index in [1.165, 1.54) is 11.9 Å². The first-order valence-electron chi connectivity index (χ1n) is 6.86. The lowest BCUT2D eigenvalue weighted by molar-refractivity contribution is 0.0225. The van der Waals surface area contributed by atoms with Crippen LogP contribution in [0.4, 0.5) is 4.79 Å². The minimum Gasteiger partial charge on any atom is -0.465 e. The van der Waals surface area contributed by atoms with Crippen LogP contribution in [0.25, 0.3) is 0 Å². The van der Waals surface area contributed by atoms with Gasteiger partial charge in [-0.05, 0) is 37.5 Å². The van der Waals surface area contributed by atoms with E-state index in [0.29, 0.717) is 17.9 Å². The highest BCUT2D eigenvalue weighted by atomic mass is 35.5. The SMILES string of the molecule is CN(C(=O)O)C1CCCC(O)(C#Cc2cccc(Cl)c2)C1. The minimum atomic E-state index is -1.14. The predicted molar refractivity (Wildman–Crippen MR) is 81.3 cm³/mol. The molecule has 2 atom stereocenters. The predicted octanol–water partition coefficient (Wildman–Crippen LogP) is 2.98. The van der Waals surface area contributed by atoms with Gasteiger partial charge in [0.05, 0.1) is 0 Å². The molecule has 1 aliphatic rings. The lowest BCUT2D eigenvalue weighted by Crippen LogP contribution is -2.45. The van der Waals surface area contributed by atoms with Crippen molar-refractivity contribution in [3.8, 4) is 11.8 Å². The number of hydrogen-bond acceptors (Lipinski definition) is 2. The molecule has 112 valence electrons. The van der Waals surface area contributed by atoms with E-state index in [-0.39, 0.29) is 6.04 Å². The fraction of sp³-hybridized carbons (Fsp3) is 0.438. The van der Waals surface area contributed by atoms with E-state index in [9.17, 15) is 9.90 Å². The summed E-state index contributed by atoms with van der Waals surface area (Å²) in [7, 11) is 1.53. The van der Waals surface area contributed by atoms with Crippen LogP contribution in [-0.2, 0) is 0 Å². The van der Waals surface area contributed by atoms with E-state index >= 15 is 0 Å². The van der Waals surface area contributed by atoms with Crippen LogP contribution in [0.1, 0.15) is 31.2 Å². The molecule has 0 aromatic heterocycles. The molecule has 2 N–H and O–H groups in total. The maximum absolute atomic E-state index is 11.0. The number of carboxylic acid groups (broad SMARTS) is 1. The van der Waals surface area contributed by atoms with Gasteiger partial charge in [-0.25, -0.2) is 4.79 Å². The molecule has 0 radical (unpaired) electrons. The number of amides is 1. The third-order valence-corrected chi connectivity index (χ3v) is 4.05. The summed E-state index contributed by atoms with van der Waals surface area (Å²) >= 11 is 5.90. The van der Waals surface area contributed by atoms with Gasteiger partial charge in [0.2, 0.25) is 0 Å². The number of nitrogens with zero attached hydrogens (tertiary/aromatic N) is 1. The van der Waals surface area contributed by atoms with Gasteiger partial charge in [0.25, 0.3) is 0 Å². The number of carbonyl (C=O) groups is 1. The quantitative estimate of drug-likeness (QED) is 0.784. The number of rotatable bonds is 1. The van der Waals surface area contributed by atoms with E-state index in [1.807, 2.05) is 6.07 Å². The van der Waals surface area contributed by atoms with E-state index < -0.39 is 11.7 Å². The fourth-order valence-electron chi connectivity index (χ4n) is 2.58. The Morgan fingerprint density at radius 2 is 2.29 bits per heavy atom. The zero-order valence-corrected chi connectivity index (χ0v) is 12.6. The molecule has 1 aliphatic carbocycles. The molecule has 1 fully saturated rings. The normalized spacial score (nSPS) is 24.8. The Bertz CT molecular complexity index is 593. The topological polar surface area (TPSA) is 60.8 Å². The second kappa shape index (κ2) is 6.38. The van der Waals surface area contributed by atoms with Gasteiger partial charge in [-0.2, -0.15) is 0 Å². The van der Waals surface area contributed by atoms with Crippen LogP contribution >= 0.6 is 11.6 Å². The van der Waals surface area contributed by atoms with Crippen LogP contribution in [0.5, 0.6) is 0 Å². The van der Waals surface area contributed by atoms with E-state index in [4.69, 9.17) is 16.7 Å². The summed E-state index contributed by atoms with van der Waals surface area (Å²) in [4.78, 5) is 12.3.